The smallest absolute Gasteiger partial charge is 0.251 e. The lowest BCUT2D eigenvalue weighted by molar-refractivity contribution is -0.116. The molecule has 0 saturated carbocycles. The highest BCUT2D eigenvalue weighted by Gasteiger charge is 2.30. The quantitative estimate of drug-likeness (QED) is 0.622. The molecule has 0 fully saturated rings. The lowest BCUT2D eigenvalue weighted by Gasteiger charge is -2.29. The van der Waals surface area contributed by atoms with Crippen LogP contribution in [0, 0.1) is 5.82 Å². The Kier molecular flexibility index (Phi) is 6.32. The number of fused-ring (bicyclic) bond motifs is 1. The molecule has 32 heavy (non-hydrogen) atoms. The Morgan fingerprint density at radius 3 is 2.44 bits per heavy atom. The standard InChI is InChI=1S/C24H21FN2O4S/c1-31-20-9-4-16(5-10-20)13-26-24(29)18-6-11-22-21(12-18)27(23(28)15-32(22)30)14-17-2-7-19(25)8-3-17/h2-12H,13-15H2,1H3,(H,26,29). The van der Waals surface area contributed by atoms with E-state index in [9.17, 15) is 18.2 Å². The monoisotopic (exact) mass is 452 g/mol. The van der Waals surface area contributed by atoms with Gasteiger partial charge in [-0.1, -0.05) is 24.3 Å². The van der Waals surface area contributed by atoms with Crippen molar-refractivity contribution in [2.24, 2.45) is 0 Å². The molecular formula is C24H21FN2O4S. The number of hydrogen-bond acceptors (Lipinski definition) is 4. The minimum absolute atomic E-state index is 0.128. The van der Waals surface area contributed by atoms with Gasteiger partial charge in [0.25, 0.3) is 5.91 Å². The van der Waals surface area contributed by atoms with Crippen molar-refractivity contribution < 1.29 is 22.9 Å². The van der Waals surface area contributed by atoms with E-state index in [4.69, 9.17) is 4.74 Å². The van der Waals surface area contributed by atoms with Crippen molar-refractivity contribution in [3.8, 4) is 5.75 Å². The molecule has 1 atom stereocenters. The molecule has 1 N–H and O–H groups in total. The summed E-state index contributed by atoms with van der Waals surface area (Å²) in [7, 11) is 0.107. The van der Waals surface area contributed by atoms with Crippen LogP contribution in [-0.4, -0.2) is 28.9 Å². The van der Waals surface area contributed by atoms with E-state index >= 15 is 0 Å². The number of benzene rings is 3. The van der Waals surface area contributed by atoms with Gasteiger partial charge in [-0.05, 0) is 53.6 Å². The average molecular weight is 453 g/mol. The highest BCUT2D eigenvalue weighted by Crippen LogP contribution is 2.31. The number of amides is 2. The fourth-order valence-electron chi connectivity index (χ4n) is 3.44. The summed E-state index contributed by atoms with van der Waals surface area (Å²) in [6.45, 7) is 0.518. The maximum atomic E-state index is 13.2. The van der Waals surface area contributed by atoms with Gasteiger partial charge in [0.05, 0.1) is 35.0 Å². The number of nitrogens with zero attached hydrogens (tertiary/aromatic N) is 1. The summed E-state index contributed by atoms with van der Waals surface area (Å²) in [6.07, 6.45) is 0. The number of halogens is 1. The molecule has 2 amide bonds. The summed E-state index contributed by atoms with van der Waals surface area (Å²) in [5.74, 6) is -0.383. The number of nitrogens with one attached hydrogen (secondary N) is 1. The molecule has 0 radical (unpaired) electrons. The molecule has 6 nitrogen and oxygen atoms in total. The molecule has 0 saturated heterocycles. The lowest BCUT2D eigenvalue weighted by Crippen LogP contribution is -2.38. The molecule has 1 heterocycles. The van der Waals surface area contributed by atoms with E-state index in [0.29, 0.717) is 22.7 Å². The highest BCUT2D eigenvalue weighted by atomic mass is 32.2. The fraction of sp³-hybridized carbons (Fsp3) is 0.167. The molecule has 0 bridgehead atoms. The van der Waals surface area contributed by atoms with Gasteiger partial charge in [0.1, 0.15) is 17.3 Å². The van der Waals surface area contributed by atoms with E-state index in [2.05, 4.69) is 5.32 Å². The second-order valence-electron chi connectivity index (χ2n) is 7.31. The van der Waals surface area contributed by atoms with Crippen molar-refractivity contribution in [2.45, 2.75) is 18.0 Å². The summed E-state index contributed by atoms with van der Waals surface area (Å²) in [6, 6.07) is 18.0. The van der Waals surface area contributed by atoms with Crippen LogP contribution in [0.2, 0.25) is 0 Å². The Morgan fingerprint density at radius 2 is 1.75 bits per heavy atom. The zero-order chi connectivity index (χ0) is 22.7. The first kappa shape index (κ1) is 21.7. The number of hydrogen-bond donors (Lipinski definition) is 1. The zero-order valence-corrected chi connectivity index (χ0v) is 18.2. The van der Waals surface area contributed by atoms with Crippen LogP contribution in [0.3, 0.4) is 0 Å². The first-order valence-corrected chi connectivity index (χ1v) is 11.2. The molecule has 0 aromatic heterocycles. The summed E-state index contributed by atoms with van der Waals surface area (Å²) in [5.41, 5.74) is 2.42. The molecule has 1 aliphatic heterocycles. The molecular weight excluding hydrogens is 431 g/mol. The van der Waals surface area contributed by atoms with Crippen LogP contribution in [0.25, 0.3) is 0 Å². The molecule has 164 valence electrons. The van der Waals surface area contributed by atoms with Gasteiger partial charge in [-0.2, -0.15) is 0 Å². The van der Waals surface area contributed by atoms with Gasteiger partial charge < -0.3 is 15.0 Å². The van der Waals surface area contributed by atoms with E-state index in [0.717, 1.165) is 16.9 Å². The van der Waals surface area contributed by atoms with Crippen molar-refractivity contribution in [3.05, 3.63) is 89.2 Å². The molecule has 3 aromatic rings. The molecule has 3 aromatic carbocycles. The number of methoxy groups -OCH3 is 1. The lowest BCUT2D eigenvalue weighted by atomic mass is 10.1. The Labute approximate surface area is 187 Å². The molecule has 0 aliphatic carbocycles. The molecule has 1 aliphatic rings. The minimum atomic E-state index is -1.48. The first-order chi connectivity index (χ1) is 15.4. The van der Waals surface area contributed by atoms with Crippen molar-refractivity contribution in [2.75, 3.05) is 17.8 Å². The average Bonchev–Trinajstić information content (AvgIpc) is 2.81. The van der Waals surface area contributed by atoms with Crippen LogP contribution >= 0.6 is 0 Å². The summed E-state index contributed by atoms with van der Waals surface area (Å²) in [5, 5.41) is 2.85. The van der Waals surface area contributed by atoms with Crippen molar-refractivity contribution in [1.82, 2.24) is 5.32 Å². The van der Waals surface area contributed by atoms with E-state index in [1.165, 1.54) is 17.0 Å². The molecule has 8 heteroatoms. The summed E-state index contributed by atoms with van der Waals surface area (Å²) < 4.78 is 30.9. The van der Waals surface area contributed by atoms with Gasteiger partial charge in [0.2, 0.25) is 5.91 Å². The molecule has 1 unspecified atom stereocenters. The van der Waals surface area contributed by atoms with Crippen molar-refractivity contribution in [3.63, 3.8) is 0 Å². The second-order valence-corrected chi connectivity index (χ2v) is 8.73. The summed E-state index contributed by atoms with van der Waals surface area (Å²) in [4.78, 5) is 27.4. The third kappa shape index (κ3) is 4.70. The predicted octanol–water partition coefficient (Wildman–Crippen LogP) is 3.42. The van der Waals surface area contributed by atoms with Gasteiger partial charge in [-0.25, -0.2) is 4.39 Å². The van der Waals surface area contributed by atoms with Gasteiger partial charge in [0, 0.05) is 12.1 Å². The molecule has 4 rings (SSSR count). The zero-order valence-electron chi connectivity index (χ0n) is 17.3. The third-order valence-corrected chi connectivity index (χ3v) is 6.52. The Morgan fingerprint density at radius 1 is 1.06 bits per heavy atom. The Hall–Kier alpha value is -3.52. The van der Waals surface area contributed by atoms with E-state index in [1.807, 2.05) is 24.3 Å². The maximum Gasteiger partial charge on any atom is 0.251 e. The van der Waals surface area contributed by atoms with Crippen molar-refractivity contribution in [1.29, 1.82) is 0 Å². The van der Waals surface area contributed by atoms with Gasteiger partial charge >= 0.3 is 0 Å². The van der Waals surface area contributed by atoms with Crippen LogP contribution in [0.4, 0.5) is 10.1 Å². The number of carbonyl (C=O) groups excluding carboxylic acids is 2. The first-order valence-electron chi connectivity index (χ1n) is 9.93. The van der Waals surface area contributed by atoms with Crippen LogP contribution in [0.1, 0.15) is 21.5 Å². The van der Waals surface area contributed by atoms with Crippen LogP contribution < -0.4 is 15.0 Å². The SMILES string of the molecule is COc1ccc(CNC(=O)c2ccc3c(c2)N(Cc2ccc(F)cc2)C(=O)CS3=O)cc1. The minimum Gasteiger partial charge on any atom is -0.497 e. The normalized spacial score (nSPS) is 15.2. The van der Waals surface area contributed by atoms with Crippen LogP contribution in [-0.2, 0) is 28.7 Å². The number of carbonyl (C=O) groups is 2. The van der Waals surface area contributed by atoms with Gasteiger partial charge in [0.15, 0.2) is 0 Å². The topological polar surface area (TPSA) is 75.7 Å². The third-order valence-electron chi connectivity index (χ3n) is 5.18. The summed E-state index contributed by atoms with van der Waals surface area (Å²) >= 11 is 0. The Balaban J connectivity index is 1.55. The van der Waals surface area contributed by atoms with Crippen LogP contribution in [0.5, 0.6) is 5.75 Å². The highest BCUT2D eigenvalue weighted by molar-refractivity contribution is 7.86. The van der Waals surface area contributed by atoms with Gasteiger partial charge in [-0.3, -0.25) is 13.8 Å². The maximum absolute atomic E-state index is 13.2. The number of rotatable bonds is 6. The number of anilines is 1. The Bertz CT molecular complexity index is 1180. The fourth-order valence-corrected chi connectivity index (χ4v) is 4.60. The van der Waals surface area contributed by atoms with E-state index in [-0.39, 0.29) is 29.9 Å². The van der Waals surface area contributed by atoms with Crippen molar-refractivity contribution >= 4 is 28.3 Å². The predicted molar refractivity (Wildman–Crippen MR) is 119 cm³/mol. The number of ether oxygens (including phenoxy) is 1. The largest absolute Gasteiger partial charge is 0.497 e. The van der Waals surface area contributed by atoms with E-state index < -0.39 is 10.8 Å². The van der Waals surface area contributed by atoms with E-state index in [1.54, 1.807) is 37.4 Å². The van der Waals surface area contributed by atoms with Crippen LogP contribution in [0.15, 0.2) is 71.6 Å². The second kappa shape index (κ2) is 9.32. The molecule has 0 spiro atoms. The van der Waals surface area contributed by atoms with Gasteiger partial charge in [-0.15, -0.1) is 0 Å².